The van der Waals surface area contributed by atoms with Crippen LogP contribution in [0, 0.1) is 6.92 Å². The Balaban J connectivity index is 2.30. The largest absolute Gasteiger partial charge is 0.330 e. The van der Waals surface area contributed by atoms with Crippen LogP contribution < -0.4 is 5.73 Å². The monoisotopic (exact) mass is 333 g/mol. The Hall–Kier alpha value is -1.55. The Morgan fingerprint density at radius 3 is 2.64 bits per heavy atom. The lowest BCUT2D eigenvalue weighted by atomic mass is 10.0. The molecule has 3 aromatic rings. The molecule has 0 aliphatic heterocycles. The molecule has 0 spiro atoms. The lowest BCUT2D eigenvalue weighted by Gasteiger charge is -2.12. The molecular formula is C17H17Cl2N3. The molecule has 2 aromatic heterocycles. The van der Waals surface area contributed by atoms with Crippen LogP contribution in [-0.4, -0.2) is 15.9 Å². The van der Waals surface area contributed by atoms with Crippen molar-refractivity contribution in [3.8, 4) is 11.3 Å². The quantitative estimate of drug-likeness (QED) is 0.756. The number of pyridine rings is 1. The number of hydrogen-bond donors (Lipinski definition) is 1. The third kappa shape index (κ3) is 2.60. The van der Waals surface area contributed by atoms with Gasteiger partial charge in [-0.15, -0.1) is 0 Å². The van der Waals surface area contributed by atoms with Gasteiger partial charge in [-0.05, 0) is 30.7 Å². The fraction of sp³-hybridized carbons (Fsp3) is 0.235. The van der Waals surface area contributed by atoms with Crippen LogP contribution in [0.2, 0.25) is 10.0 Å². The van der Waals surface area contributed by atoms with Crippen molar-refractivity contribution in [1.29, 1.82) is 0 Å². The molecule has 0 amide bonds. The summed E-state index contributed by atoms with van der Waals surface area (Å²) in [5.41, 5.74) is 10.9. The summed E-state index contributed by atoms with van der Waals surface area (Å²) in [6.45, 7) is 4.72. The van der Waals surface area contributed by atoms with Crippen LogP contribution in [0.15, 0.2) is 36.5 Å². The maximum atomic E-state index is 6.16. The molecule has 3 nitrogen and oxygen atoms in total. The predicted molar refractivity (Wildman–Crippen MR) is 92.9 cm³/mol. The van der Waals surface area contributed by atoms with E-state index in [-0.39, 0.29) is 5.92 Å². The fourth-order valence-corrected chi connectivity index (χ4v) is 2.91. The van der Waals surface area contributed by atoms with Crippen LogP contribution in [0.3, 0.4) is 0 Å². The van der Waals surface area contributed by atoms with Crippen LogP contribution in [-0.2, 0) is 0 Å². The molecule has 0 saturated heterocycles. The molecule has 1 atom stereocenters. The maximum absolute atomic E-state index is 6.16. The van der Waals surface area contributed by atoms with Gasteiger partial charge in [-0.3, -0.25) is 0 Å². The zero-order valence-corrected chi connectivity index (χ0v) is 14.0. The molecule has 0 saturated carbocycles. The summed E-state index contributed by atoms with van der Waals surface area (Å²) >= 11 is 12.2. The first-order valence-corrected chi connectivity index (χ1v) is 7.91. The zero-order valence-electron chi connectivity index (χ0n) is 12.5. The highest BCUT2D eigenvalue weighted by molar-refractivity contribution is 6.42. The number of rotatable bonds is 3. The predicted octanol–water partition coefficient (Wildman–Crippen LogP) is 4.68. The van der Waals surface area contributed by atoms with Gasteiger partial charge in [0.1, 0.15) is 5.65 Å². The topological polar surface area (TPSA) is 43.3 Å². The first kappa shape index (κ1) is 15.3. The minimum atomic E-state index is 0.182. The number of nitrogens with two attached hydrogens (primary N) is 1. The van der Waals surface area contributed by atoms with E-state index in [9.17, 15) is 0 Å². The average molecular weight is 334 g/mol. The van der Waals surface area contributed by atoms with E-state index in [0.717, 1.165) is 22.6 Å². The van der Waals surface area contributed by atoms with Crippen molar-refractivity contribution in [2.45, 2.75) is 19.8 Å². The van der Waals surface area contributed by atoms with Gasteiger partial charge in [0.15, 0.2) is 0 Å². The van der Waals surface area contributed by atoms with E-state index in [4.69, 9.17) is 33.9 Å². The molecule has 0 radical (unpaired) electrons. The van der Waals surface area contributed by atoms with Gasteiger partial charge in [0.05, 0.1) is 21.4 Å². The SMILES string of the molecule is Cc1ccc2nc(-c3ccc(Cl)c(Cl)c3)c(C(C)CN)n2c1. The first-order chi connectivity index (χ1) is 10.5. The van der Waals surface area contributed by atoms with E-state index < -0.39 is 0 Å². The molecule has 22 heavy (non-hydrogen) atoms. The summed E-state index contributed by atoms with van der Waals surface area (Å²) < 4.78 is 2.12. The van der Waals surface area contributed by atoms with Gasteiger partial charge in [0, 0.05) is 24.2 Å². The van der Waals surface area contributed by atoms with E-state index in [1.54, 1.807) is 6.07 Å². The third-order valence-corrected chi connectivity index (χ3v) is 4.56. The highest BCUT2D eigenvalue weighted by Gasteiger charge is 2.19. The molecule has 114 valence electrons. The molecule has 1 aromatic carbocycles. The van der Waals surface area contributed by atoms with Crippen molar-refractivity contribution < 1.29 is 0 Å². The van der Waals surface area contributed by atoms with E-state index in [1.807, 2.05) is 18.2 Å². The van der Waals surface area contributed by atoms with Crippen LogP contribution in [0.5, 0.6) is 0 Å². The molecular weight excluding hydrogens is 317 g/mol. The first-order valence-electron chi connectivity index (χ1n) is 7.15. The van der Waals surface area contributed by atoms with Gasteiger partial charge in [-0.1, -0.05) is 42.3 Å². The summed E-state index contributed by atoms with van der Waals surface area (Å²) in [5.74, 6) is 0.182. The Morgan fingerprint density at radius 1 is 1.18 bits per heavy atom. The van der Waals surface area contributed by atoms with Crippen molar-refractivity contribution in [3.05, 3.63) is 57.8 Å². The van der Waals surface area contributed by atoms with Gasteiger partial charge in [-0.25, -0.2) is 4.98 Å². The minimum Gasteiger partial charge on any atom is -0.330 e. The highest BCUT2D eigenvalue weighted by Crippen LogP contribution is 2.33. The number of fused-ring (bicyclic) bond motifs is 1. The van der Waals surface area contributed by atoms with E-state index >= 15 is 0 Å². The molecule has 5 heteroatoms. The van der Waals surface area contributed by atoms with Gasteiger partial charge >= 0.3 is 0 Å². The van der Waals surface area contributed by atoms with Crippen molar-refractivity contribution in [1.82, 2.24) is 9.38 Å². The lowest BCUT2D eigenvalue weighted by molar-refractivity contribution is 0.738. The van der Waals surface area contributed by atoms with Crippen molar-refractivity contribution in [2.24, 2.45) is 5.73 Å². The zero-order chi connectivity index (χ0) is 15.9. The molecule has 1 unspecified atom stereocenters. The van der Waals surface area contributed by atoms with Crippen molar-refractivity contribution in [2.75, 3.05) is 6.54 Å². The lowest BCUT2D eigenvalue weighted by Crippen LogP contribution is -2.12. The number of hydrogen-bond acceptors (Lipinski definition) is 2. The Morgan fingerprint density at radius 2 is 1.95 bits per heavy atom. The third-order valence-electron chi connectivity index (χ3n) is 3.82. The van der Waals surface area contributed by atoms with Crippen LogP contribution in [0.4, 0.5) is 0 Å². The molecule has 0 fully saturated rings. The van der Waals surface area contributed by atoms with E-state index in [2.05, 4.69) is 30.5 Å². The van der Waals surface area contributed by atoms with Crippen LogP contribution in [0.25, 0.3) is 16.9 Å². The molecule has 2 heterocycles. The number of nitrogens with zero attached hydrogens (tertiary/aromatic N) is 2. The highest BCUT2D eigenvalue weighted by atomic mass is 35.5. The second kappa shape index (κ2) is 5.92. The Kier molecular flexibility index (Phi) is 4.13. The summed E-state index contributed by atoms with van der Waals surface area (Å²) in [6, 6.07) is 9.66. The van der Waals surface area contributed by atoms with E-state index in [0.29, 0.717) is 16.6 Å². The van der Waals surface area contributed by atoms with Crippen LogP contribution >= 0.6 is 23.2 Å². The number of imidazole rings is 1. The minimum absolute atomic E-state index is 0.182. The van der Waals surface area contributed by atoms with Gasteiger partial charge in [0.2, 0.25) is 0 Å². The van der Waals surface area contributed by atoms with E-state index in [1.165, 1.54) is 5.56 Å². The Bertz CT molecular complexity index is 839. The molecule has 0 aliphatic carbocycles. The second-order valence-corrected chi connectivity index (χ2v) is 6.36. The number of halogens is 2. The number of aryl methyl sites for hydroxylation is 1. The standard InChI is InChI=1S/C17H17Cl2N3/c1-10-3-6-15-21-16(12-4-5-13(18)14(19)7-12)17(11(2)8-20)22(15)9-10/h3-7,9,11H,8,20H2,1-2H3. The molecule has 3 rings (SSSR count). The number of benzene rings is 1. The normalized spacial score (nSPS) is 12.8. The fourth-order valence-electron chi connectivity index (χ4n) is 2.61. The summed E-state index contributed by atoms with van der Waals surface area (Å²) in [4.78, 5) is 4.77. The van der Waals surface area contributed by atoms with Crippen molar-refractivity contribution >= 4 is 28.8 Å². The Labute approximate surface area is 139 Å². The summed E-state index contributed by atoms with van der Waals surface area (Å²) in [5, 5.41) is 1.07. The van der Waals surface area contributed by atoms with Gasteiger partial charge in [0.25, 0.3) is 0 Å². The molecule has 2 N–H and O–H groups in total. The molecule has 0 bridgehead atoms. The second-order valence-electron chi connectivity index (χ2n) is 5.55. The molecule has 0 aliphatic rings. The number of aromatic nitrogens is 2. The average Bonchev–Trinajstić information content (AvgIpc) is 2.87. The van der Waals surface area contributed by atoms with Gasteiger partial charge in [-0.2, -0.15) is 0 Å². The smallest absolute Gasteiger partial charge is 0.137 e. The summed E-state index contributed by atoms with van der Waals surface area (Å²) in [7, 11) is 0. The van der Waals surface area contributed by atoms with Crippen molar-refractivity contribution in [3.63, 3.8) is 0 Å². The van der Waals surface area contributed by atoms with Gasteiger partial charge < -0.3 is 10.1 Å². The maximum Gasteiger partial charge on any atom is 0.137 e. The summed E-state index contributed by atoms with van der Waals surface area (Å²) in [6.07, 6.45) is 2.09. The van der Waals surface area contributed by atoms with Crippen LogP contribution in [0.1, 0.15) is 24.1 Å².